The van der Waals surface area contributed by atoms with Gasteiger partial charge >= 0.3 is 0 Å². The number of carbonyl (C=O) groups excluding carboxylic acids is 2. The Morgan fingerprint density at radius 2 is 1.62 bits per heavy atom. The number of rotatable bonds is 13. The molecule has 0 radical (unpaired) electrons. The van der Waals surface area contributed by atoms with Gasteiger partial charge in [0.15, 0.2) is 0 Å². The predicted molar refractivity (Wildman–Crippen MR) is 159 cm³/mol. The molecule has 0 aromatic heterocycles. The maximum Gasteiger partial charge on any atom is 0.243 e. The van der Waals surface area contributed by atoms with E-state index in [9.17, 15) is 9.59 Å². The van der Waals surface area contributed by atoms with Crippen LogP contribution >= 0.6 is 11.6 Å². The van der Waals surface area contributed by atoms with Crippen LogP contribution in [0.2, 0.25) is 5.02 Å². The lowest BCUT2D eigenvalue weighted by atomic mass is 9.94. The molecule has 1 fully saturated rings. The van der Waals surface area contributed by atoms with E-state index in [0.29, 0.717) is 31.0 Å². The summed E-state index contributed by atoms with van der Waals surface area (Å²) in [7, 11) is 1.62. The zero-order valence-electron chi connectivity index (χ0n) is 23.2. The zero-order valence-corrected chi connectivity index (χ0v) is 23.9. The van der Waals surface area contributed by atoms with Crippen LogP contribution in [0.5, 0.6) is 11.5 Å². The quantitative estimate of drug-likeness (QED) is 0.238. The second kappa shape index (κ2) is 15.3. The average molecular weight is 563 g/mol. The van der Waals surface area contributed by atoms with Gasteiger partial charge in [0.1, 0.15) is 17.5 Å². The molecule has 0 bridgehead atoms. The molecule has 3 aromatic carbocycles. The third-order valence-electron chi connectivity index (χ3n) is 7.33. The van der Waals surface area contributed by atoms with Gasteiger partial charge in [-0.1, -0.05) is 73.3 Å². The fourth-order valence-electron chi connectivity index (χ4n) is 5.16. The van der Waals surface area contributed by atoms with Crippen LogP contribution in [0.15, 0.2) is 78.9 Å². The highest BCUT2D eigenvalue weighted by molar-refractivity contribution is 6.30. The van der Waals surface area contributed by atoms with Crippen molar-refractivity contribution in [3.63, 3.8) is 0 Å². The van der Waals surface area contributed by atoms with E-state index in [0.717, 1.165) is 48.3 Å². The van der Waals surface area contributed by atoms with Crippen LogP contribution in [-0.2, 0) is 22.6 Å². The van der Waals surface area contributed by atoms with Gasteiger partial charge in [-0.2, -0.15) is 0 Å². The highest BCUT2D eigenvalue weighted by Gasteiger charge is 2.31. The van der Waals surface area contributed by atoms with Crippen molar-refractivity contribution in [3.05, 3.63) is 95.0 Å². The van der Waals surface area contributed by atoms with E-state index in [1.54, 1.807) is 12.0 Å². The number of nitrogens with one attached hydrogen (secondary N) is 1. The predicted octanol–water partition coefficient (Wildman–Crippen LogP) is 6.60. The standard InChI is InChI=1S/C33H39ClN2O4/c1-39-29-17-19-30(20-18-29)40-21-9-16-32(37)36(24-26-12-8-13-27(34)22-26)31(23-25-10-4-2-5-11-25)33(38)35-28-14-6-3-7-15-28/h2,4-5,8,10-13,17-20,22,28,31H,3,6-7,9,14-16,21,23-24H2,1H3,(H,35,38)/t31-/m1/s1. The zero-order chi connectivity index (χ0) is 28.2. The third-order valence-corrected chi connectivity index (χ3v) is 7.56. The molecule has 0 aliphatic heterocycles. The summed E-state index contributed by atoms with van der Waals surface area (Å²) in [6, 6.07) is 24.3. The summed E-state index contributed by atoms with van der Waals surface area (Å²) in [6.07, 6.45) is 6.63. The first kappa shape index (κ1) is 29.5. The van der Waals surface area contributed by atoms with E-state index in [2.05, 4.69) is 5.32 Å². The first-order chi connectivity index (χ1) is 19.5. The van der Waals surface area contributed by atoms with Crippen LogP contribution in [0.3, 0.4) is 0 Å². The summed E-state index contributed by atoms with van der Waals surface area (Å²) in [5, 5.41) is 3.88. The highest BCUT2D eigenvalue weighted by Crippen LogP contribution is 2.22. The van der Waals surface area contributed by atoms with Crippen molar-refractivity contribution in [2.24, 2.45) is 0 Å². The first-order valence-corrected chi connectivity index (χ1v) is 14.5. The van der Waals surface area contributed by atoms with Crippen molar-refractivity contribution in [2.75, 3.05) is 13.7 Å². The monoisotopic (exact) mass is 562 g/mol. The molecule has 1 aliphatic carbocycles. The summed E-state index contributed by atoms with van der Waals surface area (Å²) in [5.41, 5.74) is 1.90. The van der Waals surface area contributed by atoms with E-state index in [1.807, 2.05) is 78.9 Å². The Labute approximate surface area is 242 Å². The molecule has 40 heavy (non-hydrogen) atoms. The molecule has 3 aromatic rings. The maximum atomic E-state index is 13.8. The third kappa shape index (κ3) is 9.02. The smallest absolute Gasteiger partial charge is 0.243 e. The minimum Gasteiger partial charge on any atom is -0.497 e. The lowest BCUT2D eigenvalue weighted by molar-refractivity contribution is -0.141. The molecule has 0 unspecified atom stereocenters. The number of methoxy groups -OCH3 is 1. The van der Waals surface area contributed by atoms with E-state index in [1.165, 1.54) is 6.42 Å². The number of hydrogen-bond donors (Lipinski definition) is 1. The van der Waals surface area contributed by atoms with Crippen LogP contribution in [0.1, 0.15) is 56.1 Å². The van der Waals surface area contributed by atoms with Crippen molar-refractivity contribution in [2.45, 2.75) is 70.0 Å². The van der Waals surface area contributed by atoms with Crippen LogP contribution in [0, 0.1) is 0 Å². The van der Waals surface area contributed by atoms with Crippen LogP contribution < -0.4 is 14.8 Å². The fourth-order valence-corrected chi connectivity index (χ4v) is 5.37. The van der Waals surface area contributed by atoms with Crippen LogP contribution in [0.25, 0.3) is 0 Å². The Morgan fingerprint density at radius 1 is 0.925 bits per heavy atom. The minimum atomic E-state index is -0.640. The van der Waals surface area contributed by atoms with Crippen LogP contribution in [-0.4, -0.2) is 42.5 Å². The molecular weight excluding hydrogens is 524 g/mol. The van der Waals surface area contributed by atoms with Gasteiger partial charge in [0.2, 0.25) is 11.8 Å². The van der Waals surface area contributed by atoms with Gasteiger partial charge in [-0.15, -0.1) is 0 Å². The number of amides is 2. The normalized spacial score (nSPS) is 14.2. The summed E-state index contributed by atoms with van der Waals surface area (Å²) >= 11 is 6.28. The fraction of sp³-hybridized carbons (Fsp3) is 0.394. The van der Waals surface area contributed by atoms with Crippen molar-refractivity contribution < 1.29 is 19.1 Å². The minimum absolute atomic E-state index is 0.0852. The molecule has 4 rings (SSSR count). The Hall–Kier alpha value is -3.51. The van der Waals surface area contributed by atoms with E-state index in [4.69, 9.17) is 21.1 Å². The van der Waals surface area contributed by atoms with E-state index >= 15 is 0 Å². The molecule has 1 saturated carbocycles. The number of benzene rings is 3. The maximum absolute atomic E-state index is 13.8. The van der Waals surface area contributed by atoms with E-state index < -0.39 is 6.04 Å². The molecule has 0 spiro atoms. The largest absolute Gasteiger partial charge is 0.497 e. The second-order valence-corrected chi connectivity index (χ2v) is 10.8. The Morgan fingerprint density at radius 3 is 2.33 bits per heavy atom. The topological polar surface area (TPSA) is 67.9 Å². The lowest BCUT2D eigenvalue weighted by Crippen LogP contribution is -2.52. The molecule has 6 nitrogen and oxygen atoms in total. The average Bonchev–Trinajstić information content (AvgIpc) is 2.98. The Kier molecular flexibility index (Phi) is 11.3. The van der Waals surface area contributed by atoms with Crippen molar-refractivity contribution in [1.82, 2.24) is 10.2 Å². The van der Waals surface area contributed by atoms with Gasteiger partial charge in [0.05, 0.1) is 13.7 Å². The van der Waals surface area contributed by atoms with Crippen LogP contribution in [0.4, 0.5) is 0 Å². The van der Waals surface area contributed by atoms with Crippen molar-refractivity contribution in [3.8, 4) is 11.5 Å². The summed E-state index contributed by atoms with van der Waals surface area (Å²) < 4.78 is 11.0. The van der Waals surface area contributed by atoms with Crippen molar-refractivity contribution in [1.29, 1.82) is 0 Å². The molecule has 1 aliphatic rings. The highest BCUT2D eigenvalue weighted by atomic mass is 35.5. The van der Waals surface area contributed by atoms with Gasteiger partial charge in [-0.25, -0.2) is 0 Å². The summed E-state index contributed by atoms with van der Waals surface area (Å²) in [5.74, 6) is 1.30. The molecule has 2 amide bonds. The molecule has 212 valence electrons. The summed E-state index contributed by atoms with van der Waals surface area (Å²) in [6.45, 7) is 0.689. The number of carbonyl (C=O) groups is 2. The van der Waals surface area contributed by atoms with Gasteiger partial charge in [-0.3, -0.25) is 9.59 Å². The Bertz CT molecular complexity index is 1210. The van der Waals surface area contributed by atoms with Gasteiger partial charge in [-0.05, 0) is 66.8 Å². The summed E-state index contributed by atoms with van der Waals surface area (Å²) in [4.78, 5) is 29.3. The van der Waals surface area contributed by atoms with Gasteiger partial charge in [0.25, 0.3) is 0 Å². The molecule has 1 atom stereocenters. The number of ether oxygens (including phenoxy) is 2. The number of hydrogen-bond acceptors (Lipinski definition) is 4. The lowest BCUT2D eigenvalue weighted by Gasteiger charge is -2.33. The Balaban J connectivity index is 1.50. The van der Waals surface area contributed by atoms with E-state index in [-0.39, 0.29) is 24.3 Å². The molecular formula is C33H39ClN2O4. The first-order valence-electron chi connectivity index (χ1n) is 14.2. The molecule has 7 heteroatoms. The number of halogens is 1. The number of nitrogens with zero attached hydrogens (tertiary/aromatic N) is 1. The molecule has 0 heterocycles. The SMILES string of the molecule is COc1ccc(OCCCC(=O)N(Cc2cccc(Cl)c2)[C@H](Cc2ccccc2)C(=O)NC2CCCCC2)cc1. The molecule has 0 saturated heterocycles. The molecule has 1 N–H and O–H groups in total. The second-order valence-electron chi connectivity index (χ2n) is 10.3. The van der Waals surface area contributed by atoms with Gasteiger partial charge < -0.3 is 19.7 Å². The van der Waals surface area contributed by atoms with Crippen molar-refractivity contribution >= 4 is 23.4 Å². The van der Waals surface area contributed by atoms with Gasteiger partial charge in [0, 0.05) is 30.5 Å².